The van der Waals surface area contributed by atoms with E-state index in [0.29, 0.717) is 30.0 Å². The number of carbonyl (C=O) groups excluding carboxylic acids is 2. The number of nitrogens with zero attached hydrogens (tertiary/aromatic N) is 1. The van der Waals surface area contributed by atoms with Gasteiger partial charge in [-0.05, 0) is 30.9 Å². The molecule has 1 aliphatic rings. The summed E-state index contributed by atoms with van der Waals surface area (Å²) < 4.78 is 10.4. The molecule has 1 aliphatic heterocycles. The lowest BCUT2D eigenvalue weighted by Gasteiger charge is -2.30. The highest BCUT2D eigenvalue weighted by atomic mass is 16.5. The molecule has 0 aliphatic carbocycles. The van der Waals surface area contributed by atoms with Gasteiger partial charge in [0, 0.05) is 19.2 Å². The van der Waals surface area contributed by atoms with Gasteiger partial charge < -0.3 is 14.1 Å². The molecule has 0 spiro atoms. The minimum atomic E-state index is -0.809. The summed E-state index contributed by atoms with van der Waals surface area (Å²) in [7, 11) is 0. The molecule has 0 saturated carbocycles. The molecule has 1 amide bonds. The first-order valence-electron chi connectivity index (χ1n) is 8.02. The van der Waals surface area contributed by atoms with Crippen LogP contribution in [-0.4, -0.2) is 36.5 Å². The number of ether oxygens (including phenoxy) is 1. The number of benzene rings is 1. The van der Waals surface area contributed by atoms with E-state index in [1.807, 2.05) is 0 Å². The van der Waals surface area contributed by atoms with Crippen molar-refractivity contribution in [1.82, 2.24) is 4.90 Å². The van der Waals surface area contributed by atoms with Crippen LogP contribution in [0.5, 0.6) is 0 Å². The van der Waals surface area contributed by atoms with Gasteiger partial charge in [0.05, 0.1) is 5.39 Å². The quantitative estimate of drug-likeness (QED) is 0.807. The fraction of sp³-hybridized carbons (Fsp3) is 0.389. The number of rotatable bonds is 3. The van der Waals surface area contributed by atoms with Crippen molar-refractivity contribution in [2.45, 2.75) is 19.8 Å². The highest BCUT2D eigenvalue weighted by Crippen LogP contribution is 2.16. The third-order valence-electron chi connectivity index (χ3n) is 4.17. The number of hydrogen-bond acceptors (Lipinski definition) is 5. The van der Waals surface area contributed by atoms with E-state index < -0.39 is 5.97 Å². The number of likely N-dealkylation sites (tertiary alicyclic amines) is 1. The molecule has 0 N–H and O–H groups in total. The molecule has 0 radical (unpaired) electrons. The average Bonchev–Trinajstić information content (AvgIpc) is 2.59. The third kappa shape index (κ3) is 3.48. The maximum atomic E-state index is 12.1. The van der Waals surface area contributed by atoms with Crippen molar-refractivity contribution in [3.05, 3.63) is 46.3 Å². The number of amides is 1. The molecule has 1 atom stereocenters. The maximum Gasteiger partial charge on any atom is 0.374 e. The smallest absolute Gasteiger partial charge is 0.374 e. The van der Waals surface area contributed by atoms with E-state index in [-0.39, 0.29) is 23.7 Å². The Morgan fingerprint density at radius 3 is 2.92 bits per heavy atom. The highest BCUT2D eigenvalue weighted by Gasteiger charge is 2.22. The summed E-state index contributed by atoms with van der Waals surface area (Å²) in [6, 6.07) is 7.75. The second-order valence-electron chi connectivity index (χ2n) is 6.13. The number of para-hydroxylation sites is 1. The van der Waals surface area contributed by atoms with Gasteiger partial charge in [-0.1, -0.05) is 19.1 Å². The van der Waals surface area contributed by atoms with Crippen molar-refractivity contribution in [2.24, 2.45) is 5.92 Å². The van der Waals surface area contributed by atoms with Crippen LogP contribution < -0.4 is 5.43 Å². The maximum absolute atomic E-state index is 12.1. The van der Waals surface area contributed by atoms with Crippen LogP contribution >= 0.6 is 0 Å². The normalized spacial score (nSPS) is 17.7. The third-order valence-corrected chi connectivity index (χ3v) is 4.17. The molecule has 1 aromatic heterocycles. The molecule has 6 nitrogen and oxygen atoms in total. The van der Waals surface area contributed by atoms with Gasteiger partial charge in [-0.3, -0.25) is 9.59 Å². The van der Waals surface area contributed by atoms with Crippen molar-refractivity contribution in [1.29, 1.82) is 0 Å². The zero-order valence-electron chi connectivity index (χ0n) is 13.5. The summed E-state index contributed by atoms with van der Waals surface area (Å²) in [4.78, 5) is 37.9. The molecule has 1 aromatic carbocycles. The molecule has 6 heteroatoms. The van der Waals surface area contributed by atoms with Crippen molar-refractivity contribution in [3.8, 4) is 0 Å². The van der Waals surface area contributed by atoms with Crippen molar-refractivity contribution < 1.29 is 18.7 Å². The largest absolute Gasteiger partial charge is 0.450 e. The molecule has 3 rings (SSSR count). The number of esters is 1. The second-order valence-corrected chi connectivity index (χ2v) is 6.13. The van der Waals surface area contributed by atoms with Crippen LogP contribution in [-0.2, 0) is 9.53 Å². The van der Waals surface area contributed by atoms with Crippen LogP contribution in [0.1, 0.15) is 30.3 Å². The summed E-state index contributed by atoms with van der Waals surface area (Å²) >= 11 is 0. The number of carbonyl (C=O) groups is 2. The van der Waals surface area contributed by atoms with E-state index in [4.69, 9.17) is 9.15 Å². The van der Waals surface area contributed by atoms with Crippen LogP contribution in [0, 0.1) is 5.92 Å². The Morgan fingerprint density at radius 1 is 1.33 bits per heavy atom. The zero-order chi connectivity index (χ0) is 17.1. The SMILES string of the molecule is C[C@H]1CCCN(C(=O)COC(=O)c2cc(=O)c3ccccc3o2)C1. The summed E-state index contributed by atoms with van der Waals surface area (Å²) in [5, 5.41) is 0.396. The van der Waals surface area contributed by atoms with Gasteiger partial charge in [0.1, 0.15) is 5.58 Å². The first kappa shape index (κ1) is 16.2. The molecule has 2 heterocycles. The van der Waals surface area contributed by atoms with Crippen LogP contribution in [0.25, 0.3) is 11.0 Å². The summed E-state index contributed by atoms with van der Waals surface area (Å²) in [6.07, 6.45) is 2.06. The molecule has 126 valence electrons. The average molecular weight is 329 g/mol. The number of hydrogen-bond donors (Lipinski definition) is 0. The standard InChI is InChI=1S/C18H19NO5/c1-12-5-4-8-19(10-12)17(21)11-23-18(22)16-9-14(20)13-6-2-3-7-15(13)24-16/h2-3,6-7,9,12H,4-5,8,10-11H2,1H3/t12-/m0/s1. The molecule has 1 fully saturated rings. The fourth-order valence-corrected chi connectivity index (χ4v) is 2.91. The predicted octanol–water partition coefficient (Wildman–Crippen LogP) is 2.21. The van der Waals surface area contributed by atoms with E-state index in [2.05, 4.69) is 6.92 Å². The van der Waals surface area contributed by atoms with E-state index in [9.17, 15) is 14.4 Å². The molecule has 24 heavy (non-hydrogen) atoms. The van der Waals surface area contributed by atoms with Gasteiger partial charge in [0.2, 0.25) is 5.76 Å². The zero-order valence-corrected chi connectivity index (χ0v) is 13.5. The van der Waals surface area contributed by atoms with Gasteiger partial charge in [-0.15, -0.1) is 0 Å². The monoisotopic (exact) mass is 329 g/mol. The molecule has 0 unspecified atom stereocenters. The molecule has 0 bridgehead atoms. The number of piperidine rings is 1. The Bertz CT molecular complexity index is 826. The highest BCUT2D eigenvalue weighted by molar-refractivity contribution is 5.90. The second kappa shape index (κ2) is 6.86. The number of fused-ring (bicyclic) bond motifs is 1. The van der Waals surface area contributed by atoms with Gasteiger partial charge in [-0.25, -0.2) is 4.79 Å². The van der Waals surface area contributed by atoms with Crippen molar-refractivity contribution in [3.63, 3.8) is 0 Å². The molecular weight excluding hydrogens is 310 g/mol. The Kier molecular flexibility index (Phi) is 4.64. The summed E-state index contributed by atoms with van der Waals surface area (Å²) in [5.74, 6) is -0.773. The first-order chi connectivity index (χ1) is 11.5. The molecule has 1 saturated heterocycles. The Morgan fingerprint density at radius 2 is 2.12 bits per heavy atom. The van der Waals surface area contributed by atoms with Gasteiger partial charge >= 0.3 is 5.97 Å². The minimum Gasteiger partial charge on any atom is -0.450 e. The van der Waals surface area contributed by atoms with Crippen LogP contribution in [0.2, 0.25) is 0 Å². The van der Waals surface area contributed by atoms with Crippen LogP contribution in [0.4, 0.5) is 0 Å². The van der Waals surface area contributed by atoms with Gasteiger partial charge in [-0.2, -0.15) is 0 Å². The first-order valence-corrected chi connectivity index (χ1v) is 8.02. The van der Waals surface area contributed by atoms with Crippen molar-refractivity contribution >= 4 is 22.8 Å². The Balaban J connectivity index is 1.67. The predicted molar refractivity (Wildman–Crippen MR) is 87.7 cm³/mol. The van der Waals surface area contributed by atoms with Gasteiger partial charge in [0.25, 0.3) is 5.91 Å². The van der Waals surface area contributed by atoms with Gasteiger partial charge in [0.15, 0.2) is 12.0 Å². The lowest BCUT2D eigenvalue weighted by atomic mass is 10.0. The lowest BCUT2D eigenvalue weighted by Crippen LogP contribution is -2.41. The van der Waals surface area contributed by atoms with Crippen LogP contribution in [0.3, 0.4) is 0 Å². The van der Waals surface area contributed by atoms with E-state index in [0.717, 1.165) is 18.9 Å². The van der Waals surface area contributed by atoms with E-state index >= 15 is 0 Å². The summed E-state index contributed by atoms with van der Waals surface area (Å²) in [6.45, 7) is 3.12. The Hall–Kier alpha value is -2.63. The van der Waals surface area contributed by atoms with Crippen molar-refractivity contribution in [2.75, 3.05) is 19.7 Å². The van der Waals surface area contributed by atoms with E-state index in [1.165, 1.54) is 0 Å². The Labute approximate surface area is 139 Å². The molecule has 2 aromatic rings. The molecular formula is C18H19NO5. The summed E-state index contributed by atoms with van der Waals surface area (Å²) in [5.41, 5.74) is -0.00638. The van der Waals surface area contributed by atoms with E-state index in [1.54, 1.807) is 29.2 Å². The van der Waals surface area contributed by atoms with Crippen LogP contribution in [0.15, 0.2) is 39.5 Å². The topological polar surface area (TPSA) is 76.8 Å². The minimum absolute atomic E-state index is 0.196. The fourth-order valence-electron chi connectivity index (χ4n) is 2.91. The lowest BCUT2D eigenvalue weighted by molar-refractivity contribution is -0.136.